The lowest BCUT2D eigenvalue weighted by atomic mass is 9.98. The first-order valence-electron chi connectivity index (χ1n) is 5.22. The molecule has 0 aliphatic carbocycles. The van der Waals surface area contributed by atoms with Crippen LogP contribution in [-0.2, 0) is 0 Å². The summed E-state index contributed by atoms with van der Waals surface area (Å²) in [6, 6.07) is 16.6. The number of benzene rings is 2. The highest BCUT2D eigenvalue weighted by molar-refractivity contribution is 6.30. The summed E-state index contributed by atoms with van der Waals surface area (Å²) < 4.78 is 0. The number of rotatable bonds is 2. The monoisotopic (exact) mass is 278 g/mol. The van der Waals surface area contributed by atoms with Crippen LogP contribution in [0.2, 0.25) is 5.02 Å². The lowest BCUT2D eigenvalue weighted by Crippen LogP contribution is -2.11. The van der Waals surface area contributed by atoms with Gasteiger partial charge in [0, 0.05) is 5.02 Å². The van der Waals surface area contributed by atoms with Crippen LogP contribution >= 0.6 is 24.0 Å². The molecule has 0 saturated carbocycles. The van der Waals surface area contributed by atoms with Crippen molar-refractivity contribution in [2.45, 2.75) is 6.04 Å². The van der Waals surface area contributed by atoms with Gasteiger partial charge in [-0.3, -0.25) is 0 Å². The zero-order valence-electron chi connectivity index (χ0n) is 9.51. The summed E-state index contributed by atoms with van der Waals surface area (Å²) in [6.45, 7) is 0. The van der Waals surface area contributed by atoms with Gasteiger partial charge in [0.25, 0.3) is 0 Å². The molecule has 0 heterocycles. The minimum absolute atomic E-state index is 0. The molecule has 0 fully saturated rings. The van der Waals surface area contributed by atoms with Crippen molar-refractivity contribution in [2.75, 3.05) is 0 Å². The van der Waals surface area contributed by atoms with Crippen molar-refractivity contribution in [3.05, 3.63) is 70.2 Å². The van der Waals surface area contributed by atoms with Gasteiger partial charge in [-0.05, 0) is 35.4 Å². The van der Waals surface area contributed by atoms with E-state index in [0.717, 1.165) is 11.1 Å². The molecule has 18 heavy (non-hydrogen) atoms. The number of hydrogen-bond acceptors (Lipinski definition) is 2. The summed E-state index contributed by atoms with van der Waals surface area (Å²) in [5.74, 6) is 0. The second-order valence-corrected chi connectivity index (χ2v) is 4.20. The number of hydrogen-bond donors (Lipinski definition) is 1. The molecule has 2 N–H and O–H groups in total. The Hall–Kier alpha value is -1.53. The normalized spacial score (nSPS) is 11.2. The Labute approximate surface area is 117 Å². The highest BCUT2D eigenvalue weighted by Crippen LogP contribution is 2.21. The molecule has 0 amide bonds. The Balaban J connectivity index is 0.00000162. The zero-order chi connectivity index (χ0) is 12.3. The second-order valence-electron chi connectivity index (χ2n) is 3.77. The fourth-order valence-corrected chi connectivity index (χ4v) is 1.79. The van der Waals surface area contributed by atoms with E-state index in [1.165, 1.54) is 0 Å². The molecule has 0 spiro atoms. The SMILES string of the molecule is Cl.N#Cc1cccc([C@@H](N)c2ccc(Cl)cc2)c1. The molecule has 0 radical (unpaired) electrons. The van der Waals surface area contributed by atoms with Crippen molar-refractivity contribution >= 4 is 24.0 Å². The molecule has 2 nitrogen and oxygen atoms in total. The number of nitriles is 1. The summed E-state index contributed by atoms with van der Waals surface area (Å²) >= 11 is 5.83. The summed E-state index contributed by atoms with van der Waals surface area (Å²) in [5, 5.41) is 9.53. The van der Waals surface area contributed by atoms with Crippen molar-refractivity contribution in [1.82, 2.24) is 0 Å². The van der Waals surface area contributed by atoms with Gasteiger partial charge >= 0.3 is 0 Å². The van der Waals surface area contributed by atoms with Gasteiger partial charge in [0.2, 0.25) is 0 Å². The maximum absolute atomic E-state index is 8.84. The van der Waals surface area contributed by atoms with Crippen LogP contribution in [0.25, 0.3) is 0 Å². The molecular formula is C14H12Cl2N2. The first-order valence-corrected chi connectivity index (χ1v) is 5.59. The highest BCUT2D eigenvalue weighted by Gasteiger charge is 2.08. The van der Waals surface area contributed by atoms with Gasteiger partial charge in [0.15, 0.2) is 0 Å². The van der Waals surface area contributed by atoms with Gasteiger partial charge < -0.3 is 5.73 Å². The fraction of sp³-hybridized carbons (Fsp3) is 0.0714. The van der Waals surface area contributed by atoms with Crippen molar-refractivity contribution in [3.63, 3.8) is 0 Å². The van der Waals surface area contributed by atoms with Crippen LogP contribution in [0, 0.1) is 11.3 Å². The van der Waals surface area contributed by atoms with E-state index in [4.69, 9.17) is 22.6 Å². The minimum atomic E-state index is -0.236. The summed E-state index contributed by atoms with van der Waals surface area (Å²) in [6.07, 6.45) is 0. The van der Waals surface area contributed by atoms with Gasteiger partial charge in [-0.25, -0.2) is 0 Å². The van der Waals surface area contributed by atoms with Crippen LogP contribution < -0.4 is 5.73 Å². The van der Waals surface area contributed by atoms with Crippen molar-refractivity contribution in [1.29, 1.82) is 5.26 Å². The van der Waals surface area contributed by atoms with E-state index in [2.05, 4.69) is 6.07 Å². The predicted octanol–water partition coefficient (Wildman–Crippen LogP) is 3.68. The smallest absolute Gasteiger partial charge is 0.0991 e. The topological polar surface area (TPSA) is 49.8 Å². The van der Waals surface area contributed by atoms with Gasteiger partial charge in [0.1, 0.15) is 0 Å². The average Bonchev–Trinajstić information content (AvgIpc) is 2.39. The van der Waals surface area contributed by atoms with E-state index >= 15 is 0 Å². The third kappa shape index (κ3) is 3.24. The molecular weight excluding hydrogens is 267 g/mol. The van der Waals surface area contributed by atoms with E-state index in [1.54, 1.807) is 12.1 Å². The van der Waals surface area contributed by atoms with E-state index in [1.807, 2.05) is 36.4 Å². The zero-order valence-corrected chi connectivity index (χ0v) is 11.1. The van der Waals surface area contributed by atoms with E-state index in [0.29, 0.717) is 10.6 Å². The molecule has 2 rings (SSSR count). The summed E-state index contributed by atoms with van der Waals surface area (Å²) in [4.78, 5) is 0. The molecule has 0 unspecified atom stereocenters. The maximum Gasteiger partial charge on any atom is 0.0991 e. The third-order valence-electron chi connectivity index (χ3n) is 2.60. The van der Waals surface area contributed by atoms with Gasteiger partial charge in [-0.1, -0.05) is 35.9 Å². The fourth-order valence-electron chi connectivity index (χ4n) is 1.66. The van der Waals surface area contributed by atoms with Crippen molar-refractivity contribution in [3.8, 4) is 6.07 Å². The molecule has 4 heteroatoms. The van der Waals surface area contributed by atoms with E-state index in [9.17, 15) is 0 Å². The van der Waals surface area contributed by atoms with Crippen LogP contribution in [0.5, 0.6) is 0 Å². The first kappa shape index (κ1) is 14.5. The number of halogens is 2. The van der Waals surface area contributed by atoms with Crippen LogP contribution in [0.1, 0.15) is 22.7 Å². The molecule has 0 aliphatic rings. The van der Waals surface area contributed by atoms with Gasteiger partial charge in [0.05, 0.1) is 17.7 Å². The molecule has 92 valence electrons. The lowest BCUT2D eigenvalue weighted by molar-refractivity contribution is 0.871. The highest BCUT2D eigenvalue weighted by atomic mass is 35.5. The molecule has 2 aromatic carbocycles. The first-order chi connectivity index (χ1) is 8.20. The van der Waals surface area contributed by atoms with Gasteiger partial charge in [-0.15, -0.1) is 12.4 Å². The van der Waals surface area contributed by atoms with Crippen LogP contribution in [0.4, 0.5) is 0 Å². The van der Waals surface area contributed by atoms with Crippen LogP contribution in [0.15, 0.2) is 48.5 Å². The Morgan fingerprint density at radius 3 is 2.33 bits per heavy atom. The standard InChI is InChI=1S/C14H11ClN2.ClH/c15-13-6-4-11(5-7-13)14(17)12-3-1-2-10(8-12)9-16;/h1-8,14H,17H2;1H/t14-;/m0./s1. The Morgan fingerprint density at radius 1 is 1.06 bits per heavy atom. The number of nitrogens with two attached hydrogens (primary N) is 1. The Bertz CT molecular complexity index is 559. The lowest BCUT2D eigenvalue weighted by Gasteiger charge is -2.12. The largest absolute Gasteiger partial charge is 0.320 e. The molecule has 0 bridgehead atoms. The Morgan fingerprint density at radius 2 is 1.72 bits per heavy atom. The van der Waals surface area contributed by atoms with Crippen LogP contribution in [0.3, 0.4) is 0 Å². The number of nitrogens with zero attached hydrogens (tertiary/aromatic N) is 1. The van der Waals surface area contributed by atoms with Crippen molar-refractivity contribution < 1.29 is 0 Å². The molecule has 0 aromatic heterocycles. The molecule has 2 aromatic rings. The van der Waals surface area contributed by atoms with Crippen LogP contribution in [-0.4, -0.2) is 0 Å². The van der Waals surface area contributed by atoms with Gasteiger partial charge in [-0.2, -0.15) is 5.26 Å². The quantitative estimate of drug-likeness (QED) is 0.911. The van der Waals surface area contributed by atoms with E-state index < -0.39 is 0 Å². The predicted molar refractivity (Wildman–Crippen MR) is 75.9 cm³/mol. The van der Waals surface area contributed by atoms with Crippen molar-refractivity contribution in [2.24, 2.45) is 5.73 Å². The van der Waals surface area contributed by atoms with E-state index in [-0.39, 0.29) is 18.4 Å². The Kier molecular flexibility index (Phi) is 5.18. The summed E-state index contributed by atoms with van der Waals surface area (Å²) in [5.41, 5.74) is 8.65. The maximum atomic E-state index is 8.84. The molecule has 0 aliphatic heterocycles. The minimum Gasteiger partial charge on any atom is -0.320 e. The summed E-state index contributed by atoms with van der Waals surface area (Å²) in [7, 11) is 0. The molecule has 0 saturated heterocycles. The molecule has 1 atom stereocenters. The second kappa shape index (κ2) is 6.42. The third-order valence-corrected chi connectivity index (χ3v) is 2.86. The average molecular weight is 279 g/mol.